The van der Waals surface area contributed by atoms with Crippen molar-refractivity contribution >= 4 is 17.5 Å². The highest BCUT2D eigenvalue weighted by Gasteiger charge is 2.62. The van der Waals surface area contributed by atoms with E-state index < -0.39 is 95.3 Å². The summed E-state index contributed by atoms with van der Waals surface area (Å²) in [5.41, 5.74) is -3.34. The number of aromatic nitrogens is 4. The molecule has 2 heterocycles. The lowest BCUT2D eigenvalue weighted by Gasteiger charge is -2.49. The van der Waals surface area contributed by atoms with E-state index in [-0.39, 0.29) is 24.4 Å². The lowest BCUT2D eigenvalue weighted by molar-refractivity contribution is -0.239. The highest BCUT2D eigenvalue weighted by Crippen LogP contribution is 2.55. The lowest BCUT2D eigenvalue weighted by Crippen LogP contribution is -2.56. The maximum atomic E-state index is 14.3. The average Bonchev–Trinajstić information content (AvgIpc) is 3.61. The number of carbonyl (C=O) groups excluding carboxylic acids is 2. The zero-order chi connectivity index (χ0) is 35.9. The van der Waals surface area contributed by atoms with E-state index in [1.54, 1.807) is 0 Å². The Balaban J connectivity index is 1.61. The third-order valence-corrected chi connectivity index (χ3v) is 8.80. The molecular formula is C32H33F8N7O2. The van der Waals surface area contributed by atoms with Crippen molar-refractivity contribution in [2.75, 3.05) is 0 Å². The Morgan fingerprint density at radius 1 is 0.980 bits per heavy atom. The highest BCUT2D eigenvalue weighted by molar-refractivity contribution is 6.46. The molecule has 1 aliphatic carbocycles. The average molecular weight is 700 g/mol. The van der Waals surface area contributed by atoms with Crippen LogP contribution in [-0.4, -0.2) is 61.1 Å². The van der Waals surface area contributed by atoms with Gasteiger partial charge in [-0.05, 0) is 54.5 Å². The van der Waals surface area contributed by atoms with Gasteiger partial charge in [0, 0.05) is 30.0 Å². The van der Waals surface area contributed by atoms with Gasteiger partial charge < -0.3 is 10.2 Å². The van der Waals surface area contributed by atoms with E-state index in [4.69, 9.17) is 0 Å². The van der Waals surface area contributed by atoms with E-state index in [1.807, 2.05) is 20.8 Å². The topological polar surface area (TPSA) is 116 Å². The van der Waals surface area contributed by atoms with Crippen molar-refractivity contribution in [3.8, 4) is 0 Å². The van der Waals surface area contributed by atoms with Crippen molar-refractivity contribution in [2.24, 2.45) is 22.2 Å². The van der Waals surface area contributed by atoms with Crippen molar-refractivity contribution in [3.63, 3.8) is 0 Å². The Morgan fingerprint density at radius 2 is 1.57 bits per heavy atom. The molecular weight excluding hydrogens is 666 g/mol. The maximum absolute atomic E-state index is 14.3. The summed E-state index contributed by atoms with van der Waals surface area (Å²) in [6, 6.07) is 6.63. The molecule has 264 valence electrons. The minimum Gasteiger partial charge on any atom is -0.345 e. The SMILES string of the molecule is CC(C)(C)CCC(c1ccc(C(=O)NCc2nn[nH]n2)cc1)N1C(=O)C(c2cc(F)cc(F)c2)=NC12CC(C(F)(F)F)CC(C(F)(F)F)C2. The summed E-state index contributed by atoms with van der Waals surface area (Å²) >= 11 is 0. The van der Waals surface area contributed by atoms with E-state index in [9.17, 15) is 44.7 Å². The first-order valence-electron chi connectivity index (χ1n) is 15.4. The molecule has 2 amide bonds. The van der Waals surface area contributed by atoms with Crippen LogP contribution < -0.4 is 5.32 Å². The third-order valence-electron chi connectivity index (χ3n) is 8.80. The van der Waals surface area contributed by atoms with Gasteiger partial charge in [-0.2, -0.15) is 31.6 Å². The van der Waals surface area contributed by atoms with Gasteiger partial charge in [0.15, 0.2) is 5.82 Å². The maximum Gasteiger partial charge on any atom is 0.391 e. The van der Waals surface area contributed by atoms with Crippen LogP contribution in [0.2, 0.25) is 0 Å². The number of amides is 2. The van der Waals surface area contributed by atoms with Crippen molar-refractivity contribution in [1.29, 1.82) is 0 Å². The quantitative estimate of drug-likeness (QED) is 0.250. The smallest absolute Gasteiger partial charge is 0.345 e. The van der Waals surface area contributed by atoms with Gasteiger partial charge in [0.1, 0.15) is 23.0 Å². The number of rotatable bonds is 8. The molecule has 3 unspecified atom stereocenters. The molecule has 1 aliphatic heterocycles. The fraction of sp³-hybridized carbons (Fsp3) is 0.500. The van der Waals surface area contributed by atoms with E-state index in [0.717, 1.165) is 17.0 Å². The minimum atomic E-state index is -5.06. The van der Waals surface area contributed by atoms with Crippen molar-refractivity contribution in [2.45, 2.75) is 83.5 Å². The van der Waals surface area contributed by atoms with Crippen LogP contribution in [0.3, 0.4) is 0 Å². The molecule has 1 spiro atoms. The van der Waals surface area contributed by atoms with Gasteiger partial charge in [-0.3, -0.25) is 14.6 Å². The Labute approximate surface area is 275 Å². The van der Waals surface area contributed by atoms with Crippen LogP contribution in [0.1, 0.15) is 86.2 Å². The van der Waals surface area contributed by atoms with Crippen LogP contribution >= 0.6 is 0 Å². The van der Waals surface area contributed by atoms with Crippen molar-refractivity contribution in [1.82, 2.24) is 30.8 Å². The predicted molar refractivity (Wildman–Crippen MR) is 159 cm³/mol. The van der Waals surface area contributed by atoms with E-state index in [1.165, 1.54) is 24.3 Å². The molecule has 1 aromatic heterocycles. The first-order chi connectivity index (χ1) is 22.8. The van der Waals surface area contributed by atoms with Crippen molar-refractivity contribution < 1.29 is 44.7 Å². The second-order valence-electron chi connectivity index (χ2n) is 13.6. The molecule has 3 atom stereocenters. The van der Waals surface area contributed by atoms with Gasteiger partial charge in [0.05, 0.1) is 24.4 Å². The summed E-state index contributed by atoms with van der Waals surface area (Å²) < 4.78 is 115. The summed E-state index contributed by atoms with van der Waals surface area (Å²) in [5.74, 6) is -8.58. The number of halogens is 8. The number of aliphatic imine (C=N–C) groups is 1. The van der Waals surface area contributed by atoms with Crippen LogP contribution in [-0.2, 0) is 11.3 Å². The number of hydrogen-bond donors (Lipinski definition) is 2. The summed E-state index contributed by atoms with van der Waals surface area (Å²) in [5, 5.41) is 15.7. The van der Waals surface area contributed by atoms with Gasteiger partial charge in [0.25, 0.3) is 11.8 Å². The van der Waals surface area contributed by atoms with Gasteiger partial charge in [-0.1, -0.05) is 38.1 Å². The zero-order valence-corrected chi connectivity index (χ0v) is 26.6. The molecule has 2 aromatic carbocycles. The molecule has 2 N–H and O–H groups in total. The molecule has 3 aromatic rings. The lowest BCUT2D eigenvalue weighted by atomic mass is 9.73. The van der Waals surface area contributed by atoms with Crippen LogP contribution in [0.4, 0.5) is 35.1 Å². The Morgan fingerprint density at radius 3 is 2.08 bits per heavy atom. The number of nitrogens with zero attached hydrogens (tertiary/aromatic N) is 5. The molecule has 1 saturated carbocycles. The second-order valence-corrected chi connectivity index (χ2v) is 13.6. The highest BCUT2D eigenvalue weighted by atomic mass is 19.4. The standard InChI is InChI=1S/C32H33F8N7O2/c1-29(2,3)9-8-24(17-4-6-18(7-5-17)27(48)41-16-25-43-45-46-44-25)47-28(49)26(19-10-22(33)13-23(34)11-19)42-30(47)14-20(31(35,36)37)12-21(15-30)32(38,39)40/h4-7,10-11,13,20-21,24H,8-9,12,14-16H2,1-3H3,(H,41,48)(H,43,44,45,46). The molecule has 2 aliphatic rings. The minimum absolute atomic E-state index is 0.0579. The summed E-state index contributed by atoms with van der Waals surface area (Å²) in [6.45, 7) is 5.57. The summed E-state index contributed by atoms with van der Waals surface area (Å²) in [6.07, 6.45) is -12.9. The van der Waals surface area contributed by atoms with Crippen molar-refractivity contribution in [3.05, 3.63) is 76.6 Å². The second kappa shape index (κ2) is 13.1. The molecule has 9 nitrogen and oxygen atoms in total. The van der Waals surface area contributed by atoms with Gasteiger partial charge in [-0.15, -0.1) is 10.2 Å². The van der Waals surface area contributed by atoms with Gasteiger partial charge in [0.2, 0.25) is 0 Å². The molecule has 0 radical (unpaired) electrons. The number of nitrogens with one attached hydrogen (secondary N) is 2. The van der Waals surface area contributed by atoms with E-state index in [2.05, 4.69) is 30.9 Å². The van der Waals surface area contributed by atoms with E-state index >= 15 is 0 Å². The summed E-state index contributed by atoms with van der Waals surface area (Å²) in [7, 11) is 0. The number of aromatic amines is 1. The monoisotopic (exact) mass is 699 g/mol. The number of carbonyl (C=O) groups is 2. The van der Waals surface area contributed by atoms with Crippen LogP contribution in [0.15, 0.2) is 47.5 Å². The fourth-order valence-corrected chi connectivity index (χ4v) is 6.48. The zero-order valence-electron chi connectivity index (χ0n) is 26.6. The first kappa shape index (κ1) is 35.9. The predicted octanol–water partition coefficient (Wildman–Crippen LogP) is 6.84. The van der Waals surface area contributed by atoms with Crippen LogP contribution in [0.25, 0.3) is 0 Å². The molecule has 49 heavy (non-hydrogen) atoms. The first-order valence-corrected chi connectivity index (χ1v) is 15.4. The molecule has 0 bridgehead atoms. The number of tetrazole rings is 1. The largest absolute Gasteiger partial charge is 0.391 e. The Hall–Kier alpha value is -4.44. The Bertz CT molecular complexity index is 1660. The molecule has 1 fully saturated rings. The van der Waals surface area contributed by atoms with E-state index in [0.29, 0.717) is 18.1 Å². The third kappa shape index (κ3) is 8.07. The van der Waals surface area contributed by atoms with Gasteiger partial charge >= 0.3 is 12.4 Å². The van der Waals surface area contributed by atoms with Crippen LogP contribution in [0, 0.1) is 28.9 Å². The number of H-pyrrole nitrogens is 1. The number of benzene rings is 2. The summed E-state index contributed by atoms with van der Waals surface area (Å²) in [4.78, 5) is 32.3. The Kier molecular flexibility index (Phi) is 9.60. The normalized spacial score (nSPS) is 22.4. The number of hydrogen-bond acceptors (Lipinski definition) is 6. The van der Waals surface area contributed by atoms with Gasteiger partial charge in [-0.25, -0.2) is 8.78 Å². The number of alkyl halides is 6. The molecule has 0 saturated heterocycles. The van der Waals surface area contributed by atoms with Crippen LogP contribution in [0.5, 0.6) is 0 Å². The fourth-order valence-electron chi connectivity index (χ4n) is 6.48. The molecule has 5 rings (SSSR count). The molecule has 17 heteroatoms.